The Bertz CT molecular complexity index is 670. The van der Waals surface area contributed by atoms with E-state index in [1.54, 1.807) is 30.3 Å². The quantitative estimate of drug-likeness (QED) is 0.851. The fourth-order valence-corrected chi connectivity index (χ4v) is 3.31. The van der Waals surface area contributed by atoms with Crippen LogP contribution in [0.4, 0.5) is 0 Å². The molecule has 0 spiro atoms. The molecule has 2 aromatic carbocycles. The topological polar surface area (TPSA) is 49.4 Å². The molecule has 2 rings (SSSR count). The van der Waals surface area contributed by atoms with Crippen molar-refractivity contribution in [2.45, 2.75) is 17.4 Å². The Labute approximate surface area is 132 Å². The van der Waals surface area contributed by atoms with Crippen LogP contribution in [0.5, 0.6) is 0 Å². The van der Waals surface area contributed by atoms with Crippen LogP contribution in [0.15, 0.2) is 65.6 Å². The summed E-state index contributed by atoms with van der Waals surface area (Å²) in [5, 5.41) is 0. The van der Waals surface area contributed by atoms with Gasteiger partial charge in [0.05, 0.1) is 4.90 Å². The van der Waals surface area contributed by atoms with E-state index in [0.29, 0.717) is 11.4 Å². The first kappa shape index (κ1) is 16.7. The second kappa shape index (κ2) is 7.54. The van der Waals surface area contributed by atoms with Gasteiger partial charge in [-0.1, -0.05) is 48.5 Å². The number of rotatable bonds is 7. The maximum atomic E-state index is 12.3. The summed E-state index contributed by atoms with van der Waals surface area (Å²) in [5.74, 6) is 0. The van der Waals surface area contributed by atoms with Gasteiger partial charge < -0.3 is 4.90 Å². The Morgan fingerprint density at radius 3 is 2.05 bits per heavy atom. The number of benzene rings is 2. The highest BCUT2D eigenvalue weighted by Gasteiger charge is 2.18. The standard InChI is InChI=1S/C17H22N2O2S/c1-19(2)16(13-15-9-5-3-6-10-15)14-18-22(20,21)17-11-7-4-8-12-17/h3-12,16,18H,13-14H2,1-2H3. The number of sulfonamides is 1. The summed E-state index contributed by atoms with van der Waals surface area (Å²) in [4.78, 5) is 2.34. The lowest BCUT2D eigenvalue weighted by molar-refractivity contribution is 0.291. The first-order chi connectivity index (χ1) is 10.5. The molecule has 0 amide bonds. The van der Waals surface area contributed by atoms with Gasteiger partial charge in [-0.25, -0.2) is 13.1 Å². The summed E-state index contributed by atoms with van der Waals surface area (Å²) in [7, 11) is 0.468. The molecule has 0 aliphatic rings. The van der Waals surface area contributed by atoms with Gasteiger partial charge in [0.1, 0.15) is 0 Å². The van der Waals surface area contributed by atoms with Crippen molar-refractivity contribution >= 4 is 10.0 Å². The summed E-state index contributed by atoms with van der Waals surface area (Å²) in [6, 6.07) is 18.6. The second-order valence-electron chi connectivity index (χ2n) is 5.47. The zero-order valence-electron chi connectivity index (χ0n) is 12.9. The minimum absolute atomic E-state index is 0.0980. The van der Waals surface area contributed by atoms with Crippen molar-refractivity contribution in [3.63, 3.8) is 0 Å². The van der Waals surface area contributed by atoms with Crippen molar-refractivity contribution < 1.29 is 8.42 Å². The van der Waals surface area contributed by atoms with Crippen LogP contribution >= 0.6 is 0 Å². The lowest BCUT2D eigenvalue weighted by atomic mass is 10.1. The zero-order chi connectivity index (χ0) is 16.0. The molecule has 1 unspecified atom stereocenters. The van der Waals surface area contributed by atoms with E-state index in [-0.39, 0.29) is 6.04 Å². The molecule has 118 valence electrons. The molecule has 0 saturated carbocycles. The molecule has 22 heavy (non-hydrogen) atoms. The fraction of sp³-hybridized carbons (Fsp3) is 0.294. The van der Waals surface area contributed by atoms with Crippen molar-refractivity contribution in [2.75, 3.05) is 20.6 Å². The monoisotopic (exact) mass is 318 g/mol. The molecule has 1 atom stereocenters. The maximum Gasteiger partial charge on any atom is 0.240 e. The van der Waals surface area contributed by atoms with Crippen LogP contribution in [-0.2, 0) is 16.4 Å². The summed E-state index contributed by atoms with van der Waals surface area (Å²) >= 11 is 0. The minimum Gasteiger partial charge on any atom is -0.305 e. The third-order valence-corrected chi connectivity index (χ3v) is 5.05. The van der Waals surface area contributed by atoms with Crippen LogP contribution in [0.3, 0.4) is 0 Å². The van der Waals surface area contributed by atoms with Gasteiger partial charge in [-0.2, -0.15) is 0 Å². The number of hydrogen-bond acceptors (Lipinski definition) is 3. The van der Waals surface area contributed by atoms with E-state index in [1.165, 1.54) is 5.56 Å². The highest BCUT2D eigenvalue weighted by atomic mass is 32.2. The van der Waals surface area contributed by atoms with E-state index in [9.17, 15) is 8.42 Å². The second-order valence-corrected chi connectivity index (χ2v) is 7.24. The predicted octanol–water partition coefficient (Wildman–Crippen LogP) is 2.14. The number of nitrogens with zero attached hydrogens (tertiary/aromatic N) is 1. The van der Waals surface area contributed by atoms with Crippen LogP contribution in [0.1, 0.15) is 5.56 Å². The Morgan fingerprint density at radius 1 is 0.955 bits per heavy atom. The molecule has 1 N–H and O–H groups in total. The molecule has 0 saturated heterocycles. The number of nitrogens with one attached hydrogen (secondary N) is 1. The molecule has 0 aliphatic carbocycles. The third kappa shape index (κ3) is 4.66. The van der Waals surface area contributed by atoms with Crippen molar-refractivity contribution in [3.8, 4) is 0 Å². The van der Waals surface area contributed by atoms with Crippen LogP contribution in [-0.4, -0.2) is 40.0 Å². The van der Waals surface area contributed by atoms with E-state index >= 15 is 0 Å². The van der Waals surface area contributed by atoms with Crippen LogP contribution in [0, 0.1) is 0 Å². The molecule has 0 bridgehead atoms. The van der Waals surface area contributed by atoms with Crippen molar-refractivity contribution in [2.24, 2.45) is 0 Å². The van der Waals surface area contributed by atoms with E-state index < -0.39 is 10.0 Å². The van der Waals surface area contributed by atoms with E-state index in [1.807, 2.05) is 37.2 Å². The number of hydrogen-bond donors (Lipinski definition) is 1. The fourth-order valence-electron chi connectivity index (χ4n) is 2.21. The summed E-state index contributed by atoms with van der Waals surface area (Å²) < 4.78 is 27.3. The van der Waals surface area contributed by atoms with E-state index in [2.05, 4.69) is 16.9 Å². The van der Waals surface area contributed by atoms with Gasteiger partial charge in [0.15, 0.2) is 0 Å². The smallest absolute Gasteiger partial charge is 0.240 e. The molecule has 0 heterocycles. The first-order valence-corrected chi connectivity index (χ1v) is 8.72. The Kier molecular flexibility index (Phi) is 5.71. The molecule has 0 fully saturated rings. The van der Waals surface area contributed by atoms with E-state index in [4.69, 9.17) is 0 Å². The van der Waals surface area contributed by atoms with Gasteiger partial charge in [0.25, 0.3) is 0 Å². The van der Waals surface area contributed by atoms with Crippen LogP contribution < -0.4 is 4.72 Å². The van der Waals surface area contributed by atoms with Gasteiger partial charge in [-0.3, -0.25) is 0 Å². The minimum atomic E-state index is -3.46. The summed E-state index contributed by atoms with van der Waals surface area (Å²) in [5.41, 5.74) is 1.19. The molecular weight excluding hydrogens is 296 g/mol. The lowest BCUT2D eigenvalue weighted by Gasteiger charge is -2.24. The largest absolute Gasteiger partial charge is 0.305 e. The highest BCUT2D eigenvalue weighted by Crippen LogP contribution is 2.10. The van der Waals surface area contributed by atoms with Crippen LogP contribution in [0.2, 0.25) is 0 Å². The third-order valence-electron chi connectivity index (χ3n) is 3.61. The molecule has 4 nitrogen and oxygen atoms in total. The molecule has 0 radical (unpaired) electrons. The summed E-state index contributed by atoms with van der Waals surface area (Å²) in [6.45, 7) is 0.374. The van der Waals surface area contributed by atoms with Gasteiger partial charge in [0.2, 0.25) is 10.0 Å². The average Bonchev–Trinajstić information content (AvgIpc) is 2.53. The predicted molar refractivity (Wildman–Crippen MR) is 89.3 cm³/mol. The summed E-state index contributed by atoms with van der Waals surface area (Å²) in [6.07, 6.45) is 0.797. The normalized spacial score (nSPS) is 13.2. The van der Waals surface area contributed by atoms with Gasteiger partial charge in [-0.15, -0.1) is 0 Å². The van der Waals surface area contributed by atoms with E-state index in [0.717, 1.165) is 6.42 Å². The number of likely N-dealkylation sites (N-methyl/N-ethyl adjacent to an activating group) is 1. The average molecular weight is 318 g/mol. The van der Waals surface area contributed by atoms with Gasteiger partial charge in [0, 0.05) is 12.6 Å². The van der Waals surface area contributed by atoms with Crippen LogP contribution in [0.25, 0.3) is 0 Å². The van der Waals surface area contributed by atoms with Crippen molar-refractivity contribution in [1.29, 1.82) is 0 Å². The van der Waals surface area contributed by atoms with Gasteiger partial charge in [-0.05, 0) is 38.2 Å². The van der Waals surface area contributed by atoms with Crippen molar-refractivity contribution in [1.82, 2.24) is 9.62 Å². The Hall–Kier alpha value is -1.69. The maximum absolute atomic E-state index is 12.3. The lowest BCUT2D eigenvalue weighted by Crippen LogP contribution is -2.41. The Balaban J connectivity index is 2.03. The van der Waals surface area contributed by atoms with Gasteiger partial charge >= 0.3 is 0 Å². The molecule has 5 heteroatoms. The molecule has 2 aromatic rings. The highest BCUT2D eigenvalue weighted by molar-refractivity contribution is 7.89. The molecular formula is C17H22N2O2S. The SMILES string of the molecule is CN(C)C(CNS(=O)(=O)c1ccccc1)Cc1ccccc1. The first-order valence-electron chi connectivity index (χ1n) is 7.24. The molecule has 0 aromatic heterocycles. The molecule has 0 aliphatic heterocycles. The zero-order valence-corrected chi connectivity index (χ0v) is 13.8. The Morgan fingerprint density at radius 2 is 1.50 bits per heavy atom. The van der Waals surface area contributed by atoms with Crippen molar-refractivity contribution in [3.05, 3.63) is 66.2 Å².